The van der Waals surface area contributed by atoms with Crippen molar-refractivity contribution in [1.29, 1.82) is 0 Å². The van der Waals surface area contributed by atoms with Gasteiger partial charge in [-0.1, -0.05) is 12.1 Å². The summed E-state index contributed by atoms with van der Waals surface area (Å²) in [6, 6.07) is 4.67. The Morgan fingerprint density at radius 3 is 2.70 bits per heavy atom. The molecule has 1 amide bonds. The standard InChI is InChI=1S/C23H22FN7O2/c1-13(2)31-20-15(10-27-31)9-26-19(28-20)21(32)29-23(6-7-23)17-5-4-14(8-18(17)24)16-11-25-12-30(3)22(16)33/h4-5,8-13H,6-7H2,1-3H3,(H,29,32). The lowest BCUT2D eigenvalue weighted by Gasteiger charge is -2.19. The number of hydrogen-bond acceptors (Lipinski definition) is 6. The number of aromatic nitrogens is 6. The summed E-state index contributed by atoms with van der Waals surface area (Å²) >= 11 is 0. The van der Waals surface area contributed by atoms with Crippen molar-refractivity contribution < 1.29 is 9.18 Å². The molecule has 1 aliphatic rings. The zero-order chi connectivity index (χ0) is 23.3. The van der Waals surface area contributed by atoms with Gasteiger partial charge in [0, 0.05) is 31.0 Å². The monoisotopic (exact) mass is 447 g/mol. The number of hydrogen-bond donors (Lipinski definition) is 1. The van der Waals surface area contributed by atoms with E-state index in [-0.39, 0.29) is 17.4 Å². The van der Waals surface area contributed by atoms with Crippen molar-refractivity contribution >= 4 is 16.9 Å². The second-order valence-electron chi connectivity index (χ2n) is 8.61. The van der Waals surface area contributed by atoms with Crippen molar-refractivity contribution in [2.45, 2.75) is 38.3 Å². The Labute approximate surface area is 188 Å². The van der Waals surface area contributed by atoms with E-state index in [1.54, 1.807) is 36.3 Å². The first-order valence-corrected chi connectivity index (χ1v) is 10.6. The summed E-state index contributed by atoms with van der Waals surface area (Å²) in [7, 11) is 1.59. The molecule has 3 heterocycles. The SMILES string of the molecule is CC(C)n1ncc2cnc(C(=O)NC3(c4ccc(-c5cncn(C)c5=O)cc4F)CC3)nc21. The molecular formula is C23H22FN7O2. The van der Waals surface area contributed by atoms with E-state index in [1.165, 1.54) is 23.2 Å². The molecular weight excluding hydrogens is 425 g/mol. The lowest BCUT2D eigenvalue weighted by Crippen LogP contribution is -2.36. The maximum atomic E-state index is 15.1. The van der Waals surface area contributed by atoms with Gasteiger partial charge in [0.15, 0.2) is 5.65 Å². The fourth-order valence-corrected chi connectivity index (χ4v) is 3.96. The first-order valence-electron chi connectivity index (χ1n) is 10.6. The normalized spacial score (nSPS) is 14.6. The third-order valence-corrected chi connectivity index (χ3v) is 5.92. The van der Waals surface area contributed by atoms with Crippen molar-refractivity contribution in [3.63, 3.8) is 0 Å². The van der Waals surface area contributed by atoms with Gasteiger partial charge in [-0.05, 0) is 38.3 Å². The van der Waals surface area contributed by atoms with E-state index < -0.39 is 17.3 Å². The van der Waals surface area contributed by atoms with Gasteiger partial charge in [0.05, 0.1) is 29.0 Å². The number of amides is 1. The van der Waals surface area contributed by atoms with Crippen LogP contribution in [0.2, 0.25) is 0 Å². The Kier molecular flexibility index (Phi) is 4.80. The zero-order valence-electron chi connectivity index (χ0n) is 18.4. The fourth-order valence-electron chi connectivity index (χ4n) is 3.96. The molecule has 1 aromatic carbocycles. The smallest absolute Gasteiger partial charge is 0.289 e. The van der Waals surface area contributed by atoms with Gasteiger partial charge in [-0.25, -0.2) is 24.0 Å². The second kappa shape index (κ2) is 7.58. The molecule has 33 heavy (non-hydrogen) atoms. The number of aryl methyl sites for hydroxylation is 1. The van der Waals surface area contributed by atoms with Crippen LogP contribution in [0.5, 0.6) is 0 Å². The fraction of sp³-hybridized carbons (Fsp3) is 0.304. The summed E-state index contributed by atoms with van der Waals surface area (Å²) in [5.74, 6) is -0.965. The highest BCUT2D eigenvalue weighted by Gasteiger charge is 2.48. The highest BCUT2D eigenvalue weighted by molar-refractivity contribution is 5.93. The Balaban J connectivity index is 1.43. The molecule has 3 aromatic heterocycles. The van der Waals surface area contributed by atoms with Crippen LogP contribution >= 0.6 is 0 Å². The van der Waals surface area contributed by atoms with Crippen LogP contribution in [0.4, 0.5) is 4.39 Å². The minimum Gasteiger partial charge on any atom is -0.340 e. The number of fused-ring (bicyclic) bond motifs is 1. The highest BCUT2D eigenvalue weighted by Crippen LogP contribution is 2.47. The maximum Gasteiger partial charge on any atom is 0.289 e. The van der Waals surface area contributed by atoms with E-state index in [2.05, 4.69) is 25.4 Å². The molecule has 9 nitrogen and oxygen atoms in total. The van der Waals surface area contributed by atoms with E-state index in [0.29, 0.717) is 35.2 Å². The maximum absolute atomic E-state index is 15.1. The summed E-state index contributed by atoms with van der Waals surface area (Å²) < 4.78 is 18.2. The molecule has 1 aliphatic carbocycles. The van der Waals surface area contributed by atoms with Crippen LogP contribution in [-0.2, 0) is 12.6 Å². The summed E-state index contributed by atoms with van der Waals surface area (Å²) in [5.41, 5.74) is 0.596. The largest absolute Gasteiger partial charge is 0.340 e. The van der Waals surface area contributed by atoms with Crippen LogP contribution in [-0.4, -0.2) is 35.2 Å². The number of nitrogens with zero attached hydrogens (tertiary/aromatic N) is 6. The molecule has 1 saturated carbocycles. The van der Waals surface area contributed by atoms with Gasteiger partial charge < -0.3 is 9.88 Å². The number of halogens is 1. The van der Waals surface area contributed by atoms with Crippen molar-refractivity contribution in [1.82, 2.24) is 34.6 Å². The molecule has 0 atom stereocenters. The Bertz CT molecular complexity index is 1450. The topological polar surface area (TPSA) is 108 Å². The van der Waals surface area contributed by atoms with Gasteiger partial charge in [-0.15, -0.1) is 0 Å². The lowest BCUT2D eigenvalue weighted by molar-refractivity contribution is 0.0919. The number of rotatable bonds is 5. The van der Waals surface area contributed by atoms with Crippen molar-refractivity contribution in [2.75, 3.05) is 0 Å². The lowest BCUT2D eigenvalue weighted by atomic mass is 9.99. The molecule has 10 heteroatoms. The Morgan fingerprint density at radius 1 is 1.21 bits per heavy atom. The van der Waals surface area contributed by atoms with E-state index in [1.807, 2.05) is 13.8 Å². The van der Waals surface area contributed by atoms with E-state index >= 15 is 4.39 Å². The molecule has 0 spiro atoms. The summed E-state index contributed by atoms with van der Waals surface area (Å²) in [4.78, 5) is 37.9. The average molecular weight is 447 g/mol. The number of carbonyl (C=O) groups excluding carboxylic acids is 1. The minimum absolute atomic E-state index is 0.00654. The molecule has 0 radical (unpaired) electrons. The molecule has 4 aromatic rings. The minimum atomic E-state index is -0.823. The second-order valence-corrected chi connectivity index (χ2v) is 8.61. The zero-order valence-corrected chi connectivity index (χ0v) is 18.4. The van der Waals surface area contributed by atoms with Gasteiger partial charge in [0.1, 0.15) is 5.82 Å². The molecule has 1 N–H and O–H groups in total. The quantitative estimate of drug-likeness (QED) is 0.504. The van der Waals surface area contributed by atoms with E-state index in [4.69, 9.17) is 0 Å². The molecule has 0 unspecified atom stereocenters. The first-order chi connectivity index (χ1) is 15.8. The predicted molar refractivity (Wildman–Crippen MR) is 119 cm³/mol. The van der Waals surface area contributed by atoms with Gasteiger partial charge in [-0.3, -0.25) is 9.59 Å². The van der Waals surface area contributed by atoms with Crippen molar-refractivity contribution in [2.24, 2.45) is 7.05 Å². The Morgan fingerprint density at radius 2 is 2.00 bits per heavy atom. The van der Waals surface area contributed by atoms with Crippen molar-refractivity contribution in [3.8, 4) is 11.1 Å². The third kappa shape index (κ3) is 3.57. The molecule has 0 saturated heterocycles. The van der Waals surface area contributed by atoms with E-state index in [0.717, 1.165) is 5.39 Å². The van der Waals surface area contributed by atoms with Crippen molar-refractivity contribution in [3.05, 3.63) is 70.7 Å². The first kappa shape index (κ1) is 20.9. The molecule has 168 valence electrons. The summed E-state index contributed by atoms with van der Waals surface area (Å²) in [5, 5.41) is 7.95. The predicted octanol–water partition coefficient (Wildman–Crippen LogP) is 2.73. The van der Waals surface area contributed by atoms with Crippen LogP contribution in [0, 0.1) is 5.82 Å². The summed E-state index contributed by atoms with van der Waals surface area (Å²) in [6.07, 6.45) is 7.23. The summed E-state index contributed by atoms with van der Waals surface area (Å²) in [6.45, 7) is 3.95. The van der Waals surface area contributed by atoms with Crippen LogP contribution in [0.15, 0.2) is 47.9 Å². The van der Waals surface area contributed by atoms with Gasteiger partial charge in [-0.2, -0.15) is 5.10 Å². The molecule has 0 aliphatic heterocycles. The van der Waals surface area contributed by atoms with Crippen LogP contribution < -0.4 is 10.9 Å². The molecule has 5 rings (SSSR count). The number of nitrogens with one attached hydrogen (secondary N) is 1. The number of benzene rings is 1. The van der Waals surface area contributed by atoms with E-state index in [9.17, 15) is 9.59 Å². The van der Waals surface area contributed by atoms with Crippen LogP contribution in [0.3, 0.4) is 0 Å². The average Bonchev–Trinajstić information content (AvgIpc) is 3.42. The van der Waals surface area contributed by atoms with Gasteiger partial charge >= 0.3 is 0 Å². The van der Waals surface area contributed by atoms with Gasteiger partial charge in [0.2, 0.25) is 5.82 Å². The molecule has 0 bridgehead atoms. The third-order valence-electron chi connectivity index (χ3n) is 5.92. The number of carbonyl (C=O) groups is 1. The molecule has 1 fully saturated rings. The van der Waals surface area contributed by atoms with Crippen LogP contribution in [0.25, 0.3) is 22.2 Å². The highest BCUT2D eigenvalue weighted by atomic mass is 19.1. The van der Waals surface area contributed by atoms with Crippen LogP contribution in [0.1, 0.15) is 48.9 Å². The Hall–Kier alpha value is -3.95. The van der Waals surface area contributed by atoms with Gasteiger partial charge in [0.25, 0.3) is 11.5 Å².